The van der Waals surface area contributed by atoms with E-state index in [1.54, 1.807) is 0 Å². The normalized spacial score (nSPS) is 29.1. The first-order chi connectivity index (χ1) is 7.65. The first-order valence-electron chi connectivity index (χ1n) is 6.73. The lowest BCUT2D eigenvalue weighted by Gasteiger charge is -2.33. The summed E-state index contributed by atoms with van der Waals surface area (Å²) in [6.45, 7) is 3.66. The largest absolute Gasteiger partial charge is 0.393 e. The van der Waals surface area contributed by atoms with Crippen LogP contribution in [0.3, 0.4) is 0 Å². The van der Waals surface area contributed by atoms with Gasteiger partial charge >= 0.3 is 0 Å². The highest BCUT2D eigenvalue weighted by molar-refractivity contribution is 4.81. The monoisotopic (exact) mass is 228 g/mol. The predicted octanol–water partition coefficient (Wildman–Crippen LogP) is 1.60. The second-order valence-electron chi connectivity index (χ2n) is 5.32. The molecule has 0 bridgehead atoms. The van der Waals surface area contributed by atoms with Crippen LogP contribution in [0.15, 0.2) is 0 Å². The molecule has 0 saturated heterocycles. The lowest BCUT2D eigenvalue weighted by atomic mass is 9.93. The van der Waals surface area contributed by atoms with Gasteiger partial charge in [-0.25, -0.2) is 0 Å². The van der Waals surface area contributed by atoms with Gasteiger partial charge in [-0.05, 0) is 45.7 Å². The van der Waals surface area contributed by atoms with E-state index in [1.165, 1.54) is 32.1 Å². The van der Waals surface area contributed by atoms with Crippen molar-refractivity contribution in [1.29, 1.82) is 0 Å². The molecule has 0 amide bonds. The van der Waals surface area contributed by atoms with Gasteiger partial charge in [0.05, 0.1) is 6.10 Å². The molecule has 0 aliphatic heterocycles. The predicted molar refractivity (Wildman–Crippen MR) is 68.3 cm³/mol. The topological polar surface area (TPSA) is 49.5 Å². The third-order valence-electron chi connectivity index (χ3n) is 3.89. The Morgan fingerprint density at radius 1 is 1.31 bits per heavy atom. The van der Waals surface area contributed by atoms with Crippen LogP contribution < -0.4 is 5.73 Å². The van der Waals surface area contributed by atoms with Crippen molar-refractivity contribution in [3.05, 3.63) is 0 Å². The van der Waals surface area contributed by atoms with E-state index in [4.69, 9.17) is 5.73 Å². The highest BCUT2D eigenvalue weighted by atomic mass is 16.3. The second kappa shape index (κ2) is 7.25. The van der Waals surface area contributed by atoms with Gasteiger partial charge in [-0.1, -0.05) is 19.3 Å². The van der Waals surface area contributed by atoms with Crippen molar-refractivity contribution in [2.75, 3.05) is 20.1 Å². The maximum Gasteiger partial charge on any atom is 0.0524 e. The Bertz CT molecular complexity index is 185. The van der Waals surface area contributed by atoms with Crippen LogP contribution in [-0.4, -0.2) is 42.3 Å². The van der Waals surface area contributed by atoms with Gasteiger partial charge in [0.2, 0.25) is 0 Å². The number of nitrogens with zero attached hydrogens (tertiary/aromatic N) is 1. The summed E-state index contributed by atoms with van der Waals surface area (Å²) in [6, 6.07) is 0.631. The van der Waals surface area contributed by atoms with Crippen molar-refractivity contribution in [1.82, 2.24) is 4.90 Å². The zero-order valence-corrected chi connectivity index (χ0v) is 10.9. The van der Waals surface area contributed by atoms with E-state index in [1.807, 2.05) is 6.92 Å². The number of hydrogen-bond donors (Lipinski definition) is 2. The summed E-state index contributed by atoms with van der Waals surface area (Å²) in [4.78, 5) is 2.41. The Morgan fingerprint density at radius 2 is 2.00 bits per heavy atom. The van der Waals surface area contributed by atoms with Gasteiger partial charge in [0.25, 0.3) is 0 Å². The first kappa shape index (κ1) is 13.9. The van der Waals surface area contributed by atoms with Gasteiger partial charge in [-0.15, -0.1) is 0 Å². The molecule has 0 radical (unpaired) electrons. The fraction of sp³-hybridized carbons (Fsp3) is 1.00. The molecular formula is C13H28N2O. The number of aliphatic hydroxyl groups is 1. The molecule has 0 spiro atoms. The molecule has 96 valence electrons. The van der Waals surface area contributed by atoms with Crippen molar-refractivity contribution >= 4 is 0 Å². The molecule has 0 heterocycles. The van der Waals surface area contributed by atoms with Crippen LogP contribution in [0, 0.1) is 5.92 Å². The molecular weight excluding hydrogens is 200 g/mol. The molecule has 0 aromatic carbocycles. The van der Waals surface area contributed by atoms with Crippen molar-refractivity contribution in [2.24, 2.45) is 11.7 Å². The smallest absolute Gasteiger partial charge is 0.0524 e. The van der Waals surface area contributed by atoms with Gasteiger partial charge in [0.1, 0.15) is 0 Å². The Hall–Kier alpha value is -0.120. The van der Waals surface area contributed by atoms with Crippen LogP contribution in [0.25, 0.3) is 0 Å². The van der Waals surface area contributed by atoms with E-state index < -0.39 is 0 Å². The van der Waals surface area contributed by atoms with Gasteiger partial charge in [0.15, 0.2) is 0 Å². The lowest BCUT2D eigenvalue weighted by Crippen LogP contribution is -2.41. The molecule has 0 aromatic rings. The van der Waals surface area contributed by atoms with E-state index in [9.17, 15) is 5.11 Å². The average molecular weight is 228 g/mol. The fourth-order valence-corrected chi connectivity index (χ4v) is 2.78. The molecule has 3 atom stereocenters. The minimum absolute atomic E-state index is 0.190. The number of hydrogen-bond acceptors (Lipinski definition) is 3. The molecule has 1 aliphatic carbocycles. The summed E-state index contributed by atoms with van der Waals surface area (Å²) < 4.78 is 0. The highest BCUT2D eigenvalue weighted by Gasteiger charge is 2.25. The molecule has 3 nitrogen and oxygen atoms in total. The maximum atomic E-state index is 9.33. The van der Waals surface area contributed by atoms with Gasteiger partial charge < -0.3 is 15.7 Å². The Morgan fingerprint density at radius 3 is 2.62 bits per heavy atom. The Kier molecular flexibility index (Phi) is 6.32. The Balaban J connectivity index is 2.45. The number of nitrogens with two attached hydrogens (primary N) is 1. The molecule has 3 unspecified atom stereocenters. The molecule has 1 aliphatic rings. The van der Waals surface area contributed by atoms with Crippen molar-refractivity contribution in [3.8, 4) is 0 Å². The van der Waals surface area contributed by atoms with Crippen molar-refractivity contribution in [3.63, 3.8) is 0 Å². The summed E-state index contributed by atoms with van der Waals surface area (Å²) in [7, 11) is 2.18. The zero-order chi connectivity index (χ0) is 12.0. The van der Waals surface area contributed by atoms with E-state index in [0.717, 1.165) is 19.5 Å². The van der Waals surface area contributed by atoms with Gasteiger partial charge in [-0.2, -0.15) is 0 Å². The molecule has 16 heavy (non-hydrogen) atoms. The van der Waals surface area contributed by atoms with E-state index >= 15 is 0 Å². The highest BCUT2D eigenvalue weighted by Crippen LogP contribution is 2.26. The van der Waals surface area contributed by atoms with Crippen molar-refractivity contribution < 1.29 is 5.11 Å². The SMILES string of the molecule is CC(O)CCN(C)C1CCCCCC1CN. The molecule has 3 heteroatoms. The minimum atomic E-state index is -0.190. The fourth-order valence-electron chi connectivity index (χ4n) is 2.78. The van der Waals surface area contributed by atoms with Gasteiger partial charge in [0, 0.05) is 12.6 Å². The summed E-state index contributed by atoms with van der Waals surface area (Å²) in [5.41, 5.74) is 5.88. The second-order valence-corrected chi connectivity index (χ2v) is 5.32. The van der Waals surface area contributed by atoms with E-state index in [0.29, 0.717) is 12.0 Å². The molecule has 1 fully saturated rings. The standard InChI is InChI=1S/C13H28N2O/c1-11(16)8-9-15(2)13-7-5-3-4-6-12(13)10-14/h11-13,16H,3-10,14H2,1-2H3. The Labute approximate surface area is 100 Å². The summed E-state index contributed by atoms with van der Waals surface area (Å²) in [5.74, 6) is 0.654. The van der Waals surface area contributed by atoms with Crippen molar-refractivity contribution in [2.45, 2.75) is 57.6 Å². The maximum absolute atomic E-state index is 9.33. The number of rotatable bonds is 5. The van der Waals surface area contributed by atoms with E-state index in [2.05, 4.69) is 11.9 Å². The van der Waals surface area contributed by atoms with Crippen LogP contribution in [0.5, 0.6) is 0 Å². The lowest BCUT2D eigenvalue weighted by molar-refractivity contribution is 0.125. The molecule has 3 N–H and O–H groups in total. The average Bonchev–Trinajstić information content (AvgIpc) is 2.50. The number of aliphatic hydroxyl groups excluding tert-OH is 1. The zero-order valence-electron chi connectivity index (χ0n) is 10.9. The van der Waals surface area contributed by atoms with Crippen LogP contribution in [0.1, 0.15) is 45.4 Å². The van der Waals surface area contributed by atoms with Crippen LogP contribution >= 0.6 is 0 Å². The third-order valence-corrected chi connectivity index (χ3v) is 3.89. The van der Waals surface area contributed by atoms with Crippen LogP contribution in [0.2, 0.25) is 0 Å². The van der Waals surface area contributed by atoms with Crippen LogP contribution in [-0.2, 0) is 0 Å². The molecule has 0 aromatic heterocycles. The quantitative estimate of drug-likeness (QED) is 0.703. The summed E-state index contributed by atoms with van der Waals surface area (Å²) >= 11 is 0. The van der Waals surface area contributed by atoms with E-state index in [-0.39, 0.29) is 6.10 Å². The summed E-state index contributed by atoms with van der Waals surface area (Å²) in [5, 5.41) is 9.33. The third kappa shape index (κ3) is 4.40. The molecule has 1 rings (SSSR count). The van der Waals surface area contributed by atoms with Crippen LogP contribution in [0.4, 0.5) is 0 Å². The molecule has 1 saturated carbocycles. The first-order valence-corrected chi connectivity index (χ1v) is 6.73. The van der Waals surface area contributed by atoms with Gasteiger partial charge in [-0.3, -0.25) is 0 Å². The summed E-state index contributed by atoms with van der Waals surface area (Å²) in [6.07, 6.45) is 7.26. The minimum Gasteiger partial charge on any atom is -0.393 e.